The number of fused-ring (bicyclic) bond motifs is 1. The summed E-state index contributed by atoms with van der Waals surface area (Å²) < 4.78 is 13.0. The molecule has 0 saturated carbocycles. The van der Waals surface area contributed by atoms with Gasteiger partial charge in [0.05, 0.1) is 36.9 Å². The SMILES string of the molecule is COc1cc(C)[nH]c(=O)c1CNC(=O)c1c(C)n([C@@H](C)C(C)OC)c2ccccc12. The van der Waals surface area contributed by atoms with Gasteiger partial charge in [0, 0.05) is 29.4 Å². The predicted molar refractivity (Wildman–Crippen MR) is 117 cm³/mol. The number of pyridine rings is 1. The predicted octanol–water partition coefficient (Wildman–Crippen LogP) is 3.48. The Bertz CT molecular complexity index is 1130. The van der Waals surface area contributed by atoms with E-state index in [-0.39, 0.29) is 30.2 Å². The Labute approximate surface area is 176 Å². The molecule has 2 heterocycles. The third-order valence-electron chi connectivity index (χ3n) is 5.72. The molecule has 0 spiro atoms. The van der Waals surface area contributed by atoms with E-state index in [1.165, 1.54) is 7.11 Å². The molecule has 2 atom stereocenters. The first-order valence-corrected chi connectivity index (χ1v) is 9.97. The molecule has 2 aromatic heterocycles. The summed E-state index contributed by atoms with van der Waals surface area (Å²) in [5, 5.41) is 3.76. The van der Waals surface area contributed by atoms with Gasteiger partial charge < -0.3 is 24.3 Å². The van der Waals surface area contributed by atoms with Crippen LogP contribution in [0.1, 0.15) is 47.2 Å². The smallest absolute Gasteiger partial charge is 0.256 e. The maximum Gasteiger partial charge on any atom is 0.256 e. The van der Waals surface area contributed by atoms with Gasteiger partial charge in [0.2, 0.25) is 0 Å². The first-order chi connectivity index (χ1) is 14.3. The molecule has 7 nitrogen and oxygen atoms in total. The monoisotopic (exact) mass is 411 g/mol. The van der Waals surface area contributed by atoms with Gasteiger partial charge in [-0.25, -0.2) is 0 Å². The van der Waals surface area contributed by atoms with Gasteiger partial charge in [0.25, 0.3) is 11.5 Å². The van der Waals surface area contributed by atoms with Gasteiger partial charge in [0.15, 0.2) is 0 Å². The lowest BCUT2D eigenvalue weighted by Crippen LogP contribution is -2.28. The van der Waals surface area contributed by atoms with Crippen molar-refractivity contribution < 1.29 is 14.3 Å². The summed E-state index contributed by atoms with van der Waals surface area (Å²) in [6.45, 7) is 7.88. The third-order valence-corrected chi connectivity index (χ3v) is 5.72. The number of nitrogens with zero attached hydrogens (tertiary/aromatic N) is 1. The number of rotatable bonds is 7. The molecule has 2 N–H and O–H groups in total. The van der Waals surface area contributed by atoms with Crippen molar-refractivity contribution >= 4 is 16.8 Å². The van der Waals surface area contributed by atoms with Crippen LogP contribution in [0.4, 0.5) is 0 Å². The maximum absolute atomic E-state index is 13.2. The number of hydrogen-bond acceptors (Lipinski definition) is 4. The first-order valence-electron chi connectivity index (χ1n) is 9.97. The lowest BCUT2D eigenvalue weighted by Gasteiger charge is -2.23. The summed E-state index contributed by atoms with van der Waals surface area (Å²) >= 11 is 0. The minimum Gasteiger partial charge on any atom is -0.496 e. The highest BCUT2D eigenvalue weighted by atomic mass is 16.5. The van der Waals surface area contributed by atoms with E-state index in [1.807, 2.05) is 38.1 Å². The molecule has 1 unspecified atom stereocenters. The average Bonchev–Trinajstić information content (AvgIpc) is 3.02. The minimum absolute atomic E-state index is 0.0224. The van der Waals surface area contributed by atoms with E-state index in [0.717, 1.165) is 16.6 Å². The number of aromatic amines is 1. The van der Waals surface area contributed by atoms with Crippen LogP contribution in [-0.2, 0) is 11.3 Å². The van der Waals surface area contributed by atoms with Crippen molar-refractivity contribution in [1.82, 2.24) is 14.9 Å². The molecule has 0 fully saturated rings. The number of H-pyrrole nitrogens is 1. The number of aromatic nitrogens is 2. The van der Waals surface area contributed by atoms with Gasteiger partial charge in [-0.1, -0.05) is 18.2 Å². The summed E-state index contributed by atoms with van der Waals surface area (Å²) in [6, 6.07) is 9.61. The summed E-state index contributed by atoms with van der Waals surface area (Å²) in [5.41, 5.74) is 3.25. The molecule has 0 bridgehead atoms. The van der Waals surface area contributed by atoms with Gasteiger partial charge in [-0.15, -0.1) is 0 Å². The second kappa shape index (κ2) is 8.75. The Kier molecular flexibility index (Phi) is 6.31. The molecular formula is C23H29N3O4. The van der Waals surface area contributed by atoms with E-state index in [1.54, 1.807) is 20.1 Å². The minimum atomic E-state index is -0.270. The van der Waals surface area contributed by atoms with Crippen LogP contribution in [0.5, 0.6) is 5.75 Å². The van der Waals surface area contributed by atoms with Crippen LogP contribution < -0.4 is 15.6 Å². The number of aryl methyl sites for hydroxylation is 1. The van der Waals surface area contributed by atoms with Crippen molar-refractivity contribution in [3.8, 4) is 5.75 Å². The quantitative estimate of drug-likeness (QED) is 0.623. The van der Waals surface area contributed by atoms with Crippen molar-refractivity contribution in [3.05, 3.63) is 63.2 Å². The highest BCUT2D eigenvalue weighted by molar-refractivity contribution is 6.08. The Balaban J connectivity index is 1.99. The number of amides is 1. The number of carbonyl (C=O) groups is 1. The fourth-order valence-corrected chi connectivity index (χ4v) is 3.90. The van der Waals surface area contributed by atoms with E-state index in [0.29, 0.717) is 22.6 Å². The molecule has 0 aliphatic heterocycles. The number of ether oxygens (including phenoxy) is 2. The molecule has 0 saturated heterocycles. The topological polar surface area (TPSA) is 85.4 Å². The van der Waals surface area contributed by atoms with Crippen molar-refractivity contribution in [2.24, 2.45) is 0 Å². The second-order valence-corrected chi connectivity index (χ2v) is 7.54. The van der Waals surface area contributed by atoms with E-state index in [4.69, 9.17) is 9.47 Å². The Hall–Kier alpha value is -3.06. The zero-order chi connectivity index (χ0) is 22.0. The Morgan fingerprint density at radius 1 is 1.20 bits per heavy atom. The fraction of sp³-hybridized carbons (Fsp3) is 0.391. The van der Waals surface area contributed by atoms with Gasteiger partial charge in [-0.2, -0.15) is 0 Å². The summed E-state index contributed by atoms with van der Waals surface area (Å²) in [7, 11) is 3.19. The number of nitrogens with one attached hydrogen (secondary N) is 2. The molecule has 3 rings (SSSR count). The van der Waals surface area contributed by atoms with Crippen LogP contribution in [0.15, 0.2) is 35.1 Å². The average molecular weight is 412 g/mol. The third kappa shape index (κ3) is 3.85. The summed E-state index contributed by atoms with van der Waals surface area (Å²) in [4.78, 5) is 28.3. The summed E-state index contributed by atoms with van der Waals surface area (Å²) in [5.74, 6) is 0.222. The first kappa shape index (κ1) is 21.6. The van der Waals surface area contributed by atoms with Gasteiger partial charge in [0.1, 0.15) is 5.75 Å². The number of methoxy groups -OCH3 is 2. The molecular weight excluding hydrogens is 382 g/mol. The molecule has 1 amide bonds. The number of para-hydroxylation sites is 1. The van der Waals surface area contributed by atoms with Gasteiger partial charge in [-0.05, 0) is 39.8 Å². The maximum atomic E-state index is 13.2. The lowest BCUT2D eigenvalue weighted by molar-refractivity contribution is 0.0783. The van der Waals surface area contributed by atoms with E-state index in [2.05, 4.69) is 21.8 Å². The standard InChI is InChI=1S/C23H29N3O4/c1-13-11-20(30-6)18(22(27)25-13)12-24-23(28)21-15(3)26(14(2)16(4)29-5)19-10-8-7-9-17(19)21/h7-11,14,16H,12H2,1-6H3,(H,24,28)(H,25,27)/t14-,16?/m0/s1. The van der Waals surface area contributed by atoms with Crippen LogP contribution in [0.25, 0.3) is 10.9 Å². The lowest BCUT2D eigenvalue weighted by atomic mass is 10.1. The number of carbonyl (C=O) groups excluding carboxylic acids is 1. The van der Waals surface area contributed by atoms with Gasteiger partial charge in [-0.3, -0.25) is 9.59 Å². The van der Waals surface area contributed by atoms with Gasteiger partial charge >= 0.3 is 0 Å². The molecule has 1 aromatic carbocycles. The van der Waals surface area contributed by atoms with Crippen LogP contribution in [-0.4, -0.2) is 35.8 Å². The molecule has 7 heteroatoms. The zero-order valence-electron chi connectivity index (χ0n) is 18.3. The van der Waals surface area contributed by atoms with Crippen molar-refractivity contribution in [2.75, 3.05) is 14.2 Å². The Morgan fingerprint density at radius 3 is 2.57 bits per heavy atom. The van der Waals surface area contributed by atoms with Crippen LogP contribution >= 0.6 is 0 Å². The van der Waals surface area contributed by atoms with Crippen molar-refractivity contribution in [3.63, 3.8) is 0 Å². The Morgan fingerprint density at radius 2 is 1.90 bits per heavy atom. The van der Waals surface area contributed by atoms with E-state index >= 15 is 0 Å². The molecule has 160 valence electrons. The molecule has 0 aliphatic carbocycles. The van der Waals surface area contributed by atoms with Crippen molar-refractivity contribution in [2.45, 2.75) is 46.4 Å². The molecule has 0 radical (unpaired) electrons. The van der Waals surface area contributed by atoms with E-state index < -0.39 is 0 Å². The summed E-state index contributed by atoms with van der Waals surface area (Å²) in [6.07, 6.45) is -0.0224. The molecule has 30 heavy (non-hydrogen) atoms. The highest BCUT2D eigenvalue weighted by Gasteiger charge is 2.25. The molecule has 0 aliphatic rings. The highest BCUT2D eigenvalue weighted by Crippen LogP contribution is 2.31. The van der Waals surface area contributed by atoms with Crippen LogP contribution in [0.3, 0.4) is 0 Å². The fourth-order valence-electron chi connectivity index (χ4n) is 3.90. The number of hydrogen-bond donors (Lipinski definition) is 2. The largest absolute Gasteiger partial charge is 0.496 e. The zero-order valence-corrected chi connectivity index (χ0v) is 18.3. The normalized spacial score (nSPS) is 13.3. The van der Waals surface area contributed by atoms with Crippen LogP contribution in [0, 0.1) is 13.8 Å². The van der Waals surface area contributed by atoms with Crippen LogP contribution in [0.2, 0.25) is 0 Å². The second-order valence-electron chi connectivity index (χ2n) is 7.54. The molecule has 3 aromatic rings. The van der Waals surface area contributed by atoms with Crippen molar-refractivity contribution in [1.29, 1.82) is 0 Å². The van der Waals surface area contributed by atoms with E-state index in [9.17, 15) is 9.59 Å². The number of benzene rings is 1.